The van der Waals surface area contributed by atoms with Gasteiger partial charge >= 0.3 is 0 Å². The molecule has 7 nitrogen and oxygen atoms in total. The fraction of sp³-hybridized carbons (Fsp3) is 0.581. The fourth-order valence-electron chi connectivity index (χ4n) is 7.39. The molecule has 3 fully saturated rings. The summed E-state index contributed by atoms with van der Waals surface area (Å²) in [5.41, 5.74) is -0.907. The van der Waals surface area contributed by atoms with Gasteiger partial charge in [-0.2, -0.15) is 4.98 Å². The Hall–Kier alpha value is -3.12. The molecule has 4 heterocycles. The van der Waals surface area contributed by atoms with Crippen molar-refractivity contribution in [3.05, 3.63) is 40.8 Å². The van der Waals surface area contributed by atoms with Gasteiger partial charge in [0.1, 0.15) is 11.6 Å². The monoisotopic (exact) mass is 601 g/mol. The van der Waals surface area contributed by atoms with E-state index in [9.17, 15) is 4.39 Å². The summed E-state index contributed by atoms with van der Waals surface area (Å²) in [6, 6.07) is 2.80. The van der Waals surface area contributed by atoms with Crippen LogP contribution in [0.1, 0.15) is 62.6 Å². The van der Waals surface area contributed by atoms with E-state index in [0.29, 0.717) is 49.4 Å². The van der Waals surface area contributed by atoms with Crippen LogP contribution in [0, 0.1) is 11.7 Å². The molecule has 230 valence electrons. The number of aromatic nitrogens is 3. The third kappa shape index (κ3) is 4.46. The van der Waals surface area contributed by atoms with Crippen LogP contribution >= 0.6 is 0 Å². The molecule has 4 aliphatic rings. The molecule has 0 amide bonds. The van der Waals surface area contributed by atoms with Crippen molar-refractivity contribution in [3.8, 4) is 11.3 Å². The van der Waals surface area contributed by atoms with E-state index in [0.717, 1.165) is 32.1 Å². The lowest BCUT2D eigenvalue weighted by atomic mass is 9.93. The highest BCUT2D eigenvalue weighted by Gasteiger charge is 2.65. The molecule has 0 radical (unpaired) electrons. The van der Waals surface area contributed by atoms with Gasteiger partial charge in [-0.25, -0.2) is 26.9 Å². The van der Waals surface area contributed by atoms with Gasteiger partial charge < -0.3 is 15.1 Å². The molecule has 3 unspecified atom stereocenters. The summed E-state index contributed by atoms with van der Waals surface area (Å²) in [6.07, 6.45) is -0.405. The Morgan fingerprint density at radius 2 is 1.84 bits per heavy atom. The van der Waals surface area contributed by atoms with Crippen molar-refractivity contribution in [3.63, 3.8) is 0 Å². The molecule has 2 aliphatic heterocycles. The van der Waals surface area contributed by atoms with Crippen LogP contribution in [-0.2, 0) is 5.92 Å². The quantitative estimate of drug-likeness (QED) is 0.333. The Morgan fingerprint density at radius 3 is 2.53 bits per heavy atom. The van der Waals surface area contributed by atoms with Gasteiger partial charge in [-0.1, -0.05) is 20.8 Å². The first kappa shape index (κ1) is 28.6. The van der Waals surface area contributed by atoms with Crippen LogP contribution in [0.2, 0.25) is 0 Å². The van der Waals surface area contributed by atoms with Crippen LogP contribution < -0.4 is 15.1 Å². The molecule has 0 bridgehead atoms. The van der Waals surface area contributed by atoms with E-state index in [1.165, 1.54) is 12.3 Å². The zero-order valence-corrected chi connectivity index (χ0v) is 24.6. The van der Waals surface area contributed by atoms with E-state index in [-0.39, 0.29) is 34.8 Å². The summed E-state index contributed by atoms with van der Waals surface area (Å²) in [6.45, 7) is 11.5. The molecule has 3 aromatic rings. The highest BCUT2D eigenvalue weighted by molar-refractivity contribution is 5.96. The van der Waals surface area contributed by atoms with E-state index in [2.05, 4.69) is 40.9 Å². The summed E-state index contributed by atoms with van der Waals surface area (Å²) in [4.78, 5) is 20.6. The lowest BCUT2D eigenvalue weighted by molar-refractivity contribution is -0.0254. The van der Waals surface area contributed by atoms with Crippen LogP contribution in [0.3, 0.4) is 0 Å². The molecule has 1 N–H and O–H groups in total. The maximum Gasteiger partial charge on any atom is 0.279 e. The Bertz CT molecular complexity index is 1560. The van der Waals surface area contributed by atoms with Gasteiger partial charge in [-0.15, -0.1) is 0 Å². The summed E-state index contributed by atoms with van der Waals surface area (Å²) in [5.74, 6) is -4.99. The van der Waals surface area contributed by atoms with Gasteiger partial charge in [0.15, 0.2) is 0 Å². The third-order valence-corrected chi connectivity index (χ3v) is 9.90. The maximum atomic E-state index is 15.1. The molecular formula is C31H36F5N7. The molecular weight excluding hydrogens is 565 g/mol. The highest BCUT2D eigenvalue weighted by Crippen LogP contribution is 2.69. The summed E-state index contributed by atoms with van der Waals surface area (Å²) < 4.78 is 75.1. The van der Waals surface area contributed by atoms with E-state index in [1.54, 1.807) is 0 Å². The van der Waals surface area contributed by atoms with E-state index in [4.69, 9.17) is 9.97 Å². The zero-order valence-electron chi connectivity index (χ0n) is 24.6. The number of hydrogen-bond acceptors (Lipinski definition) is 7. The average molecular weight is 602 g/mol. The molecule has 7 rings (SSSR count). The maximum absolute atomic E-state index is 15.1. The molecule has 1 aromatic carbocycles. The first-order valence-electron chi connectivity index (χ1n) is 15.3. The number of hydrogen-bond donors (Lipinski definition) is 1. The number of pyridine rings is 1. The van der Waals surface area contributed by atoms with Crippen LogP contribution in [0.25, 0.3) is 22.2 Å². The van der Waals surface area contributed by atoms with Crippen molar-refractivity contribution in [2.24, 2.45) is 5.92 Å². The van der Waals surface area contributed by atoms with Gasteiger partial charge in [0.2, 0.25) is 5.95 Å². The van der Waals surface area contributed by atoms with Gasteiger partial charge in [0.25, 0.3) is 12.3 Å². The molecule has 12 heteroatoms. The number of alkyl halides is 4. The molecule has 2 aliphatic carbocycles. The SMILES string of the molecule is CCC1CN(c2nc(N3CC(N(CC)CC)C3)nc3c(C(F)F)c(-c4ccc(F)c5c4C4CC4C5(F)F)ncc23)CCN1. The second-order valence-corrected chi connectivity index (χ2v) is 12.2. The van der Waals surface area contributed by atoms with Crippen molar-refractivity contribution < 1.29 is 22.0 Å². The number of rotatable bonds is 8. The first-order valence-corrected chi connectivity index (χ1v) is 15.3. The van der Waals surface area contributed by atoms with Crippen molar-refractivity contribution in [2.45, 2.75) is 64.0 Å². The molecule has 43 heavy (non-hydrogen) atoms. The van der Waals surface area contributed by atoms with Crippen molar-refractivity contribution in [1.82, 2.24) is 25.2 Å². The largest absolute Gasteiger partial charge is 0.353 e. The number of halogens is 5. The highest BCUT2D eigenvalue weighted by atomic mass is 19.3. The van der Waals surface area contributed by atoms with Crippen molar-refractivity contribution in [1.29, 1.82) is 0 Å². The second kappa shape index (κ2) is 10.5. The van der Waals surface area contributed by atoms with Gasteiger partial charge in [-0.3, -0.25) is 9.88 Å². The molecule has 3 atom stereocenters. The number of benzene rings is 1. The smallest absolute Gasteiger partial charge is 0.279 e. The molecule has 0 spiro atoms. The predicted octanol–water partition coefficient (Wildman–Crippen LogP) is 5.70. The fourth-order valence-corrected chi connectivity index (χ4v) is 7.39. The van der Waals surface area contributed by atoms with Gasteiger partial charge in [0, 0.05) is 62.5 Å². The van der Waals surface area contributed by atoms with Crippen LogP contribution in [0.5, 0.6) is 0 Å². The van der Waals surface area contributed by atoms with Crippen LogP contribution in [-0.4, -0.2) is 77.7 Å². The third-order valence-electron chi connectivity index (χ3n) is 9.90. The number of piperazine rings is 1. The lowest BCUT2D eigenvalue weighted by Gasteiger charge is -2.45. The van der Waals surface area contributed by atoms with Crippen LogP contribution in [0.4, 0.5) is 33.7 Å². The number of nitrogens with one attached hydrogen (secondary N) is 1. The summed E-state index contributed by atoms with van der Waals surface area (Å²) >= 11 is 0. The predicted molar refractivity (Wildman–Crippen MR) is 156 cm³/mol. The Kier molecular flexibility index (Phi) is 7.00. The van der Waals surface area contributed by atoms with Crippen molar-refractivity contribution in [2.75, 3.05) is 55.6 Å². The first-order chi connectivity index (χ1) is 20.7. The Morgan fingerprint density at radius 1 is 1.07 bits per heavy atom. The van der Waals surface area contributed by atoms with E-state index in [1.807, 2.05) is 4.90 Å². The van der Waals surface area contributed by atoms with E-state index < -0.39 is 41.1 Å². The number of likely N-dealkylation sites (N-methyl/N-ethyl adjacent to an activating group) is 1. The Balaban J connectivity index is 1.40. The second-order valence-electron chi connectivity index (χ2n) is 12.2. The molecule has 2 aromatic heterocycles. The average Bonchev–Trinajstić information content (AvgIpc) is 3.75. The van der Waals surface area contributed by atoms with E-state index >= 15 is 17.6 Å². The number of nitrogens with zero attached hydrogens (tertiary/aromatic N) is 6. The molecule has 2 saturated heterocycles. The van der Waals surface area contributed by atoms with Crippen molar-refractivity contribution >= 4 is 22.7 Å². The summed E-state index contributed by atoms with van der Waals surface area (Å²) in [7, 11) is 0. The van der Waals surface area contributed by atoms with Gasteiger partial charge in [-0.05, 0) is 49.5 Å². The minimum absolute atomic E-state index is 0.0630. The number of anilines is 2. The van der Waals surface area contributed by atoms with Crippen LogP contribution in [0.15, 0.2) is 18.3 Å². The minimum atomic E-state index is -3.33. The minimum Gasteiger partial charge on any atom is -0.353 e. The topological polar surface area (TPSA) is 60.4 Å². The number of fused-ring (bicyclic) bond motifs is 4. The summed E-state index contributed by atoms with van der Waals surface area (Å²) in [5, 5.41) is 3.88. The molecule has 1 saturated carbocycles. The normalized spacial score (nSPS) is 24.6. The van der Waals surface area contributed by atoms with Gasteiger partial charge in [0.05, 0.1) is 27.7 Å². The lowest BCUT2D eigenvalue weighted by Crippen LogP contribution is -2.60. The standard InChI is InChI=1S/C31H36F5N7/c1-4-16-13-42(10-9-37-16)29-20-12-38-26(18-7-8-22(32)25-23(18)19-11-21(19)31(25,35)36)24(28(33)34)27(20)39-30(40-29)43-14-17(15-43)41(5-2)6-3/h7-8,12,16-17,19,21,28,37H,4-6,9-11,13-15H2,1-3H3. The Labute approximate surface area is 247 Å². The zero-order chi connectivity index (χ0) is 30.2.